The van der Waals surface area contributed by atoms with Crippen LogP contribution in [-0.2, 0) is 21.4 Å². The van der Waals surface area contributed by atoms with E-state index in [1.165, 1.54) is 4.46 Å². The number of ether oxygens (including phenoxy) is 2. The number of nitrogens with zero attached hydrogens (tertiary/aromatic N) is 3. The fourth-order valence-electron chi connectivity index (χ4n) is 4.38. The van der Waals surface area contributed by atoms with Crippen molar-refractivity contribution < 1.29 is 19.1 Å². The van der Waals surface area contributed by atoms with Gasteiger partial charge in [0.2, 0.25) is 0 Å². The number of hydrogen-bond acceptors (Lipinski definition) is 6. The van der Waals surface area contributed by atoms with Gasteiger partial charge in [0.15, 0.2) is 0 Å². The Hall–Kier alpha value is -3.22. The van der Waals surface area contributed by atoms with Crippen LogP contribution in [0.3, 0.4) is 0 Å². The summed E-state index contributed by atoms with van der Waals surface area (Å²) in [4.78, 5) is 25.5. The topological polar surface area (TPSA) is 83.3 Å². The molecule has 1 unspecified atom stereocenters. The van der Waals surface area contributed by atoms with Crippen molar-refractivity contribution in [2.75, 3.05) is 7.11 Å². The fourth-order valence-corrected chi connectivity index (χ4v) is 6.00. The van der Waals surface area contributed by atoms with E-state index in [4.69, 9.17) is 9.47 Å². The molecule has 1 aliphatic heterocycles. The molecule has 34 heavy (non-hydrogen) atoms. The van der Waals surface area contributed by atoms with E-state index in [1.807, 2.05) is 49.0 Å². The molecule has 1 atom stereocenters. The molecule has 2 heterocycles. The SMILES string of the molecule is COc1ccc([Se]Cc2cn(CC3CC4=C(OC3(C)C)c3ccccc3C(=O)C4=O)nn2)cc1. The van der Waals surface area contributed by atoms with Crippen molar-refractivity contribution in [3.05, 3.63) is 77.1 Å². The first-order chi connectivity index (χ1) is 16.4. The zero-order valence-electron chi connectivity index (χ0n) is 19.3. The van der Waals surface area contributed by atoms with Crippen LogP contribution in [0.25, 0.3) is 5.76 Å². The molecule has 1 aromatic heterocycles. The first-order valence-corrected chi connectivity index (χ1v) is 13.2. The number of Topliss-reactive ketones (excluding diaryl/α,β-unsaturated/α-hetero) is 2. The van der Waals surface area contributed by atoms with E-state index in [-0.39, 0.29) is 20.9 Å². The summed E-state index contributed by atoms with van der Waals surface area (Å²) in [5, 5.41) is 9.51. The number of methoxy groups -OCH3 is 1. The van der Waals surface area contributed by atoms with Gasteiger partial charge in [0.1, 0.15) is 0 Å². The van der Waals surface area contributed by atoms with Crippen molar-refractivity contribution in [1.82, 2.24) is 15.0 Å². The standard InChI is InChI=1S/C26H25N3O4Se/c1-26(2)16(12-22-24(31)23(30)20-6-4-5-7-21(20)25(22)33-26)13-29-14-17(27-28-29)15-34-19-10-8-18(32-3)9-11-19/h4-11,14,16H,12-13,15H2,1-3H3. The van der Waals surface area contributed by atoms with Gasteiger partial charge in [0.05, 0.1) is 0 Å². The van der Waals surface area contributed by atoms with Crippen molar-refractivity contribution in [3.63, 3.8) is 0 Å². The van der Waals surface area contributed by atoms with Crippen LogP contribution in [0, 0.1) is 5.92 Å². The minimum atomic E-state index is -0.536. The Labute approximate surface area is 204 Å². The fraction of sp³-hybridized carbons (Fsp3) is 0.308. The maximum absolute atomic E-state index is 12.9. The molecule has 2 aromatic carbocycles. The zero-order valence-corrected chi connectivity index (χ0v) is 21.0. The van der Waals surface area contributed by atoms with Crippen molar-refractivity contribution in [3.8, 4) is 5.75 Å². The molecule has 1 aliphatic carbocycles. The maximum atomic E-state index is 12.9. The van der Waals surface area contributed by atoms with Crippen LogP contribution >= 0.6 is 0 Å². The number of carbonyl (C=O) groups is 2. The number of carbonyl (C=O) groups excluding carboxylic acids is 2. The molecule has 3 aromatic rings. The van der Waals surface area contributed by atoms with Crippen LogP contribution in [0.15, 0.2) is 60.3 Å². The third-order valence-corrected chi connectivity index (χ3v) is 8.60. The van der Waals surface area contributed by atoms with E-state index in [1.54, 1.807) is 19.2 Å². The molecule has 0 fully saturated rings. The molecular weight excluding hydrogens is 497 g/mol. The molecule has 7 nitrogen and oxygen atoms in total. The summed E-state index contributed by atoms with van der Waals surface area (Å²) in [5.74, 6) is 0.441. The van der Waals surface area contributed by atoms with Gasteiger partial charge >= 0.3 is 198 Å². The first kappa shape index (κ1) is 22.6. The first-order valence-electron chi connectivity index (χ1n) is 11.1. The molecule has 174 valence electrons. The Balaban J connectivity index is 1.31. The molecule has 0 spiro atoms. The van der Waals surface area contributed by atoms with Gasteiger partial charge < -0.3 is 0 Å². The molecule has 5 rings (SSSR count). The minimum absolute atomic E-state index is 0.0325. The second-order valence-electron chi connectivity index (χ2n) is 9.01. The van der Waals surface area contributed by atoms with Crippen LogP contribution < -0.4 is 9.20 Å². The van der Waals surface area contributed by atoms with E-state index in [0.29, 0.717) is 35.4 Å². The molecule has 0 saturated heterocycles. The molecule has 8 heteroatoms. The third-order valence-electron chi connectivity index (χ3n) is 6.41. The second kappa shape index (κ2) is 8.85. The van der Waals surface area contributed by atoms with Crippen molar-refractivity contribution in [1.29, 1.82) is 0 Å². The van der Waals surface area contributed by atoms with E-state index < -0.39 is 17.2 Å². The Morgan fingerprint density at radius 2 is 1.82 bits per heavy atom. The Bertz CT molecular complexity index is 1290. The second-order valence-corrected chi connectivity index (χ2v) is 11.2. The molecule has 0 radical (unpaired) electrons. The average Bonchev–Trinajstić information content (AvgIpc) is 3.29. The summed E-state index contributed by atoms with van der Waals surface area (Å²) in [6.45, 7) is 4.60. The number of rotatable bonds is 6. The average molecular weight is 522 g/mol. The van der Waals surface area contributed by atoms with Crippen LogP contribution in [0.1, 0.15) is 41.9 Å². The van der Waals surface area contributed by atoms with E-state index in [9.17, 15) is 9.59 Å². The van der Waals surface area contributed by atoms with Gasteiger partial charge in [-0.3, -0.25) is 0 Å². The Morgan fingerprint density at radius 3 is 2.56 bits per heavy atom. The molecular formula is C26H25N3O4Se. The molecule has 0 saturated carbocycles. The number of fused-ring (bicyclic) bond motifs is 2. The monoisotopic (exact) mass is 523 g/mol. The van der Waals surface area contributed by atoms with Gasteiger partial charge in [-0.05, 0) is 0 Å². The quantitative estimate of drug-likeness (QED) is 0.366. The predicted molar refractivity (Wildman–Crippen MR) is 128 cm³/mol. The number of allylic oxidation sites excluding steroid dienone is 1. The van der Waals surface area contributed by atoms with Crippen molar-refractivity contribution >= 4 is 36.7 Å². The van der Waals surface area contributed by atoms with Crippen molar-refractivity contribution in [2.24, 2.45) is 5.92 Å². The predicted octanol–water partition coefficient (Wildman–Crippen LogP) is 2.81. The normalized spacial score (nSPS) is 18.9. The van der Waals surface area contributed by atoms with Crippen LogP contribution in [0.5, 0.6) is 5.75 Å². The van der Waals surface area contributed by atoms with Gasteiger partial charge in [-0.1, -0.05) is 6.07 Å². The Kier molecular flexibility index (Phi) is 5.88. The van der Waals surface area contributed by atoms with E-state index in [0.717, 1.165) is 16.8 Å². The van der Waals surface area contributed by atoms with Gasteiger partial charge in [0.25, 0.3) is 0 Å². The molecule has 0 N–H and O–H groups in total. The Morgan fingerprint density at radius 1 is 1.09 bits per heavy atom. The van der Waals surface area contributed by atoms with Crippen LogP contribution in [0.2, 0.25) is 0 Å². The molecule has 2 aliphatic rings. The zero-order chi connectivity index (χ0) is 23.9. The number of aromatic nitrogens is 3. The summed E-state index contributed by atoms with van der Waals surface area (Å²) >= 11 is 0.238. The van der Waals surface area contributed by atoms with Gasteiger partial charge in [-0.2, -0.15) is 0 Å². The van der Waals surface area contributed by atoms with Crippen molar-refractivity contribution in [2.45, 2.75) is 37.7 Å². The van der Waals surface area contributed by atoms with Gasteiger partial charge in [-0.15, -0.1) is 0 Å². The van der Waals surface area contributed by atoms with E-state index >= 15 is 0 Å². The summed E-state index contributed by atoms with van der Waals surface area (Å²) in [6, 6.07) is 15.3. The summed E-state index contributed by atoms with van der Waals surface area (Å²) in [5.41, 5.74) is 1.99. The summed E-state index contributed by atoms with van der Waals surface area (Å²) in [6.07, 6.45) is 2.43. The van der Waals surface area contributed by atoms with Gasteiger partial charge in [-0.25, -0.2) is 0 Å². The van der Waals surface area contributed by atoms with Crippen LogP contribution in [-0.4, -0.2) is 54.2 Å². The van der Waals surface area contributed by atoms with E-state index in [2.05, 4.69) is 22.4 Å². The number of benzene rings is 2. The number of hydrogen-bond donors (Lipinski definition) is 0. The molecule has 0 bridgehead atoms. The third kappa shape index (κ3) is 4.19. The summed E-state index contributed by atoms with van der Waals surface area (Å²) in [7, 11) is 1.66. The van der Waals surface area contributed by atoms with Gasteiger partial charge in [0, 0.05) is 0 Å². The summed E-state index contributed by atoms with van der Waals surface area (Å²) < 4.78 is 14.7. The number of ketones is 2. The van der Waals surface area contributed by atoms with Crippen LogP contribution in [0.4, 0.5) is 0 Å². The molecule has 0 amide bonds.